The van der Waals surface area contributed by atoms with Crippen LogP contribution in [0.25, 0.3) is 10.4 Å². The lowest BCUT2D eigenvalue weighted by Crippen LogP contribution is -2.47. The number of benzene rings is 1. The molecule has 33 heavy (non-hydrogen) atoms. The lowest BCUT2D eigenvalue weighted by molar-refractivity contribution is 0.0366. The maximum absolute atomic E-state index is 12.8. The number of carbonyl (C=O) groups is 2. The van der Waals surface area contributed by atoms with Crippen LogP contribution in [0.3, 0.4) is 0 Å². The minimum absolute atomic E-state index is 0.251. The summed E-state index contributed by atoms with van der Waals surface area (Å²) in [6.45, 7) is 2.11. The van der Waals surface area contributed by atoms with Crippen LogP contribution in [0.5, 0.6) is 0 Å². The number of amides is 2. The largest absolute Gasteiger partial charge is 0.441 e. The standard InChI is InChI=1S/C24H25N5O3S/c1-28-15-24(32-23(28)31)8-10-29(11-9-24)21-7-5-17(14-26-21)22(30)27-19-13-16(4-6-18(19)25)20-3-2-12-33-20/h2-7,12-14H,8-11,15,25H2,1H3,(H,27,30). The summed E-state index contributed by atoms with van der Waals surface area (Å²) in [6, 6.07) is 13.3. The molecule has 2 aromatic heterocycles. The lowest BCUT2D eigenvalue weighted by atomic mass is 9.91. The molecule has 1 spiro atoms. The molecular formula is C24H25N5O3S. The molecule has 2 aliphatic rings. The second-order valence-electron chi connectivity index (χ2n) is 8.53. The lowest BCUT2D eigenvalue weighted by Gasteiger charge is -2.37. The fourth-order valence-corrected chi connectivity index (χ4v) is 5.08. The van der Waals surface area contributed by atoms with E-state index in [1.807, 2.05) is 35.7 Å². The van der Waals surface area contributed by atoms with Gasteiger partial charge in [0.2, 0.25) is 0 Å². The number of aromatic nitrogens is 1. The zero-order chi connectivity index (χ0) is 23.0. The molecule has 2 fully saturated rings. The van der Waals surface area contributed by atoms with E-state index >= 15 is 0 Å². The van der Waals surface area contributed by atoms with E-state index < -0.39 is 0 Å². The number of piperidine rings is 1. The van der Waals surface area contributed by atoms with Crippen LogP contribution in [-0.4, -0.2) is 54.2 Å². The third-order valence-corrected chi connectivity index (χ3v) is 7.18. The summed E-state index contributed by atoms with van der Waals surface area (Å²) < 4.78 is 5.61. The van der Waals surface area contributed by atoms with E-state index in [2.05, 4.69) is 15.2 Å². The Morgan fingerprint density at radius 1 is 1.21 bits per heavy atom. The predicted octanol–water partition coefficient (Wildman–Crippen LogP) is 4.07. The molecule has 2 saturated heterocycles. The smallest absolute Gasteiger partial charge is 0.410 e. The van der Waals surface area contributed by atoms with Gasteiger partial charge in [-0.1, -0.05) is 12.1 Å². The summed E-state index contributed by atoms with van der Waals surface area (Å²) >= 11 is 1.63. The van der Waals surface area contributed by atoms with Crippen LogP contribution in [0.1, 0.15) is 23.2 Å². The summed E-state index contributed by atoms with van der Waals surface area (Å²) in [7, 11) is 1.76. The highest BCUT2D eigenvalue weighted by molar-refractivity contribution is 7.13. The van der Waals surface area contributed by atoms with Crippen molar-refractivity contribution in [3.05, 3.63) is 59.6 Å². The SMILES string of the molecule is CN1CC2(CCN(c3ccc(C(=O)Nc4cc(-c5cccs5)ccc4N)cn3)CC2)OC1=O. The first-order chi connectivity index (χ1) is 15.9. The van der Waals surface area contributed by atoms with E-state index in [-0.39, 0.29) is 17.6 Å². The molecule has 9 heteroatoms. The van der Waals surface area contributed by atoms with Crippen LogP contribution in [0.2, 0.25) is 0 Å². The fraction of sp³-hybridized carbons (Fsp3) is 0.292. The van der Waals surface area contributed by atoms with Crippen molar-refractivity contribution in [3.8, 4) is 10.4 Å². The van der Waals surface area contributed by atoms with Crippen molar-refractivity contribution in [1.29, 1.82) is 0 Å². The number of nitrogen functional groups attached to an aromatic ring is 1. The van der Waals surface area contributed by atoms with Gasteiger partial charge in [-0.3, -0.25) is 4.79 Å². The molecular weight excluding hydrogens is 438 g/mol. The number of nitrogens with zero attached hydrogens (tertiary/aromatic N) is 3. The van der Waals surface area contributed by atoms with Crippen LogP contribution in [0.4, 0.5) is 22.0 Å². The predicted molar refractivity (Wildman–Crippen MR) is 130 cm³/mol. The first-order valence-corrected chi connectivity index (χ1v) is 11.7. The zero-order valence-corrected chi connectivity index (χ0v) is 19.1. The van der Waals surface area contributed by atoms with Crippen LogP contribution < -0.4 is 16.0 Å². The second-order valence-corrected chi connectivity index (χ2v) is 9.48. The molecule has 0 radical (unpaired) electrons. The molecule has 0 bridgehead atoms. The minimum Gasteiger partial charge on any atom is -0.441 e. The van der Waals surface area contributed by atoms with E-state index in [0.29, 0.717) is 23.5 Å². The monoisotopic (exact) mass is 463 g/mol. The summed E-state index contributed by atoms with van der Waals surface area (Å²) in [4.78, 5) is 34.0. The van der Waals surface area contributed by atoms with E-state index in [1.165, 1.54) is 0 Å². The van der Waals surface area contributed by atoms with Gasteiger partial charge in [0.15, 0.2) is 0 Å². The number of carbonyl (C=O) groups excluding carboxylic acids is 2. The average molecular weight is 464 g/mol. The number of likely N-dealkylation sites (N-methyl/N-ethyl adjacent to an activating group) is 1. The molecule has 170 valence electrons. The molecule has 5 rings (SSSR count). The summed E-state index contributed by atoms with van der Waals surface area (Å²) in [5.74, 6) is 0.542. The highest BCUT2D eigenvalue weighted by Gasteiger charge is 2.45. The highest BCUT2D eigenvalue weighted by atomic mass is 32.1. The Hall–Kier alpha value is -3.59. The average Bonchev–Trinajstić information content (AvgIpc) is 3.44. The van der Waals surface area contributed by atoms with Gasteiger partial charge in [0.05, 0.1) is 23.5 Å². The van der Waals surface area contributed by atoms with Gasteiger partial charge >= 0.3 is 6.09 Å². The first kappa shape index (κ1) is 21.3. The molecule has 3 aromatic rings. The molecule has 4 heterocycles. The first-order valence-electron chi connectivity index (χ1n) is 10.8. The zero-order valence-electron chi connectivity index (χ0n) is 18.3. The number of anilines is 3. The molecule has 0 saturated carbocycles. The van der Waals surface area contributed by atoms with Gasteiger partial charge in [0.1, 0.15) is 11.4 Å². The van der Waals surface area contributed by atoms with Crippen LogP contribution >= 0.6 is 11.3 Å². The number of thiophene rings is 1. The Kier molecular flexibility index (Phi) is 5.41. The summed E-state index contributed by atoms with van der Waals surface area (Å²) in [5.41, 5.74) is 8.25. The Bertz CT molecular complexity index is 1170. The Morgan fingerprint density at radius 3 is 2.67 bits per heavy atom. The van der Waals surface area contributed by atoms with Crippen molar-refractivity contribution in [2.45, 2.75) is 18.4 Å². The third-order valence-electron chi connectivity index (χ3n) is 6.26. The van der Waals surface area contributed by atoms with Crippen molar-refractivity contribution in [2.75, 3.05) is 42.6 Å². The Balaban J connectivity index is 1.24. The van der Waals surface area contributed by atoms with Crippen molar-refractivity contribution >= 4 is 40.5 Å². The van der Waals surface area contributed by atoms with Gasteiger partial charge in [0.25, 0.3) is 5.91 Å². The Morgan fingerprint density at radius 2 is 2.03 bits per heavy atom. The Labute approximate surface area is 196 Å². The molecule has 0 unspecified atom stereocenters. The van der Waals surface area contributed by atoms with E-state index in [1.54, 1.807) is 41.6 Å². The van der Waals surface area contributed by atoms with Crippen molar-refractivity contribution in [2.24, 2.45) is 0 Å². The molecule has 1 aromatic carbocycles. The quantitative estimate of drug-likeness (QED) is 0.566. The highest BCUT2D eigenvalue weighted by Crippen LogP contribution is 2.34. The van der Waals surface area contributed by atoms with Gasteiger partial charge in [-0.05, 0) is 41.3 Å². The normalized spacial score (nSPS) is 17.3. The number of pyridine rings is 1. The van der Waals surface area contributed by atoms with Crippen LogP contribution in [0, 0.1) is 0 Å². The molecule has 2 amide bonds. The number of nitrogens with two attached hydrogens (primary N) is 1. The summed E-state index contributed by atoms with van der Waals surface area (Å²) in [6.07, 6.45) is 2.84. The third kappa shape index (κ3) is 4.23. The van der Waals surface area contributed by atoms with Crippen LogP contribution in [-0.2, 0) is 4.74 Å². The van der Waals surface area contributed by atoms with Crippen molar-refractivity contribution in [3.63, 3.8) is 0 Å². The molecule has 8 nitrogen and oxygen atoms in total. The van der Waals surface area contributed by atoms with Gasteiger partial charge in [-0.2, -0.15) is 0 Å². The minimum atomic E-state index is -0.389. The maximum Gasteiger partial charge on any atom is 0.410 e. The number of hydrogen-bond donors (Lipinski definition) is 2. The van der Waals surface area contributed by atoms with Gasteiger partial charge < -0.3 is 25.6 Å². The summed E-state index contributed by atoms with van der Waals surface area (Å²) in [5, 5.41) is 4.92. The van der Waals surface area contributed by atoms with Crippen LogP contribution in [0.15, 0.2) is 54.0 Å². The molecule has 0 aliphatic carbocycles. The van der Waals surface area contributed by atoms with E-state index in [0.717, 1.165) is 42.2 Å². The number of rotatable bonds is 4. The number of ether oxygens (including phenoxy) is 1. The second kappa shape index (κ2) is 8.40. The van der Waals surface area contributed by atoms with Gasteiger partial charge in [-0.15, -0.1) is 11.3 Å². The van der Waals surface area contributed by atoms with E-state index in [9.17, 15) is 9.59 Å². The number of nitrogens with one attached hydrogen (secondary N) is 1. The molecule has 0 atom stereocenters. The van der Waals surface area contributed by atoms with Crippen molar-refractivity contribution < 1.29 is 14.3 Å². The molecule has 2 aliphatic heterocycles. The van der Waals surface area contributed by atoms with Gasteiger partial charge in [-0.25, -0.2) is 9.78 Å². The number of hydrogen-bond acceptors (Lipinski definition) is 7. The topological polar surface area (TPSA) is 101 Å². The van der Waals surface area contributed by atoms with Gasteiger partial charge in [0, 0.05) is 44.1 Å². The van der Waals surface area contributed by atoms with Crippen molar-refractivity contribution in [1.82, 2.24) is 9.88 Å². The van der Waals surface area contributed by atoms with E-state index in [4.69, 9.17) is 10.5 Å². The molecule has 3 N–H and O–H groups in total. The fourth-order valence-electron chi connectivity index (χ4n) is 4.36. The maximum atomic E-state index is 12.8.